The first-order valence-electron chi connectivity index (χ1n) is 6.23. The van der Waals surface area contributed by atoms with E-state index in [1.165, 1.54) is 6.07 Å². The van der Waals surface area contributed by atoms with Crippen molar-refractivity contribution in [1.82, 2.24) is 9.78 Å². The molecule has 0 aliphatic carbocycles. The van der Waals surface area contributed by atoms with E-state index >= 15 is 0 Å². The van der Waals surface area contributed by atoms with Crippen LogP contribution in [0.2, 0.25) is 5.02 Å². The number of halogens is 1. The van der Waals surface area contributed by atoms with Crippen molar-refractivity contribution in [3.63, 3.8) is 0 Å². The lowest BCUT2D eigenvalue weighted by Gasteiger charge is -2.06. The van der Waals surface area contributed by atoms with Gasteiger partial charge in [0.15, 0.2) is 0 Å². The van der Waals surface area contributed by atoms with Gasteiger partial charge >= 0.3 is 5.97 Å². The fourth-order valence-electron chi connectivity index (χ4n) is 1.64. The van der Waals surface area contributed by atoms with Crippen molar-refractivity contribution in [3.05, 3.63) is 46.7 Å². The lowest BCUT2D eigenvalue weighted by Crippen LogP contribution is -2.07. The maximum Gasteiger partial charge on any atom is 0.338 e. The molecule has 1 aromatic heterocycles. The van der Waals surface area contributed by atoms with Crippen LogP contribution in [-0.2, 0) is 11.3 Å². The van der Waals surface area contributed by atoms with Crippen LogP contribution < -0.4 is 5.73 Å². The normalized spacial score (nSPS) is 10.8. The number of carbonyl (C=O) groups excluding carboxylic acids is 1. The number of aromatic nitrogens is 2. The minimum Gasteiger partial charge on any atom is -0.456 e. The summed E-state index contributed by atoms with van der Waals surface area (Å²) < 4.78 is 7.00. The topological polar surface area (TPSA) is 70.1 Å². The number of hydrogen-bond donors (Lipinski definition) is 1. The predicted octanol–water partition coefficient (Wildman–Crippen LogP) is 3.06. The second-order valence-corrected chi connectivity index (χ2v) is 5.10. The Morgan fingerprint density at radius 3 is 2.80 bits per heavy atom. The Balaban J connectivity index is 1.99. The third kappa shape index (κ3) is 3.30. The molecular weight excluding hydrogens is 278 g/mol. The van der Waals surface area contributed by atoms with Crippen molar-refractivity contribution in [2.45, 2.75) is 26.5 Å². The summed E-state index contributed by atoms with van der Waals surface area (Å²) in [6.07, 6.45) is 1.86. The molecule has 0 fully saturated rings. The third-order valence-electron chi connectivity index (χ3n) is 2.78. The summed E-state index contributed by atoms with van der Waals surface area (Å²) in [6, 6.07) is 6.74. The van der Waals surface area contributed by atoms with Gasteiger partial charge in [0.1, 0.15) is 6.61 Å². The van der Waals surface area contributed by atoms with E-state index in [2.05, 4.69) is 5.10 Å². The van der Waals surface area contributed by atoms with Crippen LogP contribution in [-0.4, -0.2) is 15.7 Å². The van der Waals surface area contributed by atoms with Crippen molar-refractivity contribution in [2.75, 3.05) is 5.73 Å². The summed E-state index contributed by atoms with van der Waals surface area (Å²) in [5, 5.41) is 4.71. The number of benzene rings is 1. The molecule has 6 heteroatoms. The van der Waals surface area contributed by atoms with Gasteiger partial charge in [-0.3, -0.25) is 4.68 Å². The van der Waals surface area contributed by atoms with Crippen molar-refractivity contribution in [3.8, 4) is 0 Å². The lowest BCUT2D eigenvalue weighted by atomic mass is 10.2. The summed E-state index contributed by atoms with van der Waals surface area (Å²) >= 11 is 5.80. The Hall–Kier alpha value is -2.01. The van der Waals surface area contributed by atoms with Gasteiger partial charge in [-0.15, -0.1) is 0 Å². The van der Waals surface area contributed by atoms with Gasteiger partial charge in [-0.2, -0.15) is 5.10 Å². The summed E-state index contributed by atoms with van der Waals surface area (Å²) in [5.41, 5.74) is 7.07. The molecule has 1 aromatic carbocycles. The molecule has 5 nitrogen and oxygen atoms in total. The molecule has 106 valence electrons. The van der Waals surface area contributed by atoms with Crippen molar-refractivity contribution in [2.24, 2.45) is 0 Å². The molecule has 20 heavy (non-hydrogen) atoms. The first kappa shape index (κ1) is 14.4. The van der Waals surface area contributed by atoms with Crippen LogP contribution in [0.5, 0.6) is 0 Å². The quantitative estimate of drug-likeness (QED) is 0.695. The Kier molecular flexibility index (Phi) is 4.29. The van der Waals surface area contributed by atoms with E-state index in [-0.39, 0.29) is 12.6 Å². The smallest absolute Gasteiger partial charge is 0.338 e. The van der Waals surface area contributed by atoms with Crippen LogP contribution in [0.15, 0.2) is 30.5 Å². The van der Waals surface area contributed by atoms with Crippen LogP contribution in [0.3, 0.4) is 0 Å². The number of esters is 1. The standard InChI is InChI=1S/C14H16ClN3O2/c1-9(2)18-6-5-11(17-18)8-20-14(19)10-3-4-12(15)13(16)7-10/h3-7,9H,8,16H2,1-2H3. The van der Waals surface area contributed by atoms with Crippen LogP contribution in [0.25, 0.3) is 0 Å². The summed E-state index contributed by atoms with van der Waals surface area (Å²) in [7, 11) is 0. The average molecular weight is 294 g/mol. The van der Waals surface area contributed by atoms with Gasteiger partial charge in [0.05, 0.1) is 22.0 Å². The first-order valence-corrected chi connectivity index (χ1v) is 6.61. The highest BCUT2D eigenvalue weighted by Crippen LogP contribution is 2.20. The van der Waals surface area contributed by atoms with Crippen LogP contribution >= 0.6 is 11.6 Å². The summed E-state index contributed by atoms with van der Waals surface area (Å²) in [5.74, 6) is -0.451. The van der Waals surface area contributed by atoms with Gasteiger partial charge in [0.25, 0.3) is 0 Å². The number of nitrogens with two attached hydrogens (primary N) is 1. The molecule has 0 saturated carbocycles. The molecule has 0 bridgehead atoms. The third-order valence-corrected chi connectivity index (χ3v) is 3.12. The average Bonchev–Trinajstić information content (AvgIpc) is 2.88. The van der Waals surface area contributed by atoms with E-state index in [1.807, 2.05) is 30.8 Å². The molecule has 0 saturated heterocycles. The fourth-order valence-corrected chi connectivity index (χ4v) is 1.75. The number of anilines is 1. The molecule has 0 aliphatic heterocycles. The number of rotatable bonds is 4. The largest absolute Gasteiger partial charge is 0.456 e. The predicted molar refractivity (Wildman–Crippen MR) is 77.6 cm³/mol. The van der Waals surface area contributed by atoms with Gasteiger partial charge in [-0.05, 0) is 38.1 Å². The molecule has 0 amide bonds. The first-order chi connectivity index (χ1) is 9.47. The lowest BCUT2D eigenvalue weighted by molar-refractivity contribution is 0.0467. The number of ether oxygens (including phenoxy) is 1. The van der Waals surface area contributed by atoms with Crippen LogP contribution in [0.4, 0.5) is 5.69 Å². The van der Waals surface area contributed by atoms with Gasteiger partial charge in [0, 0.05) is 12.2 Å². The van der Waals surface area contributed by atoms with E-state index < -0.39 is 5.97 Å². The zero-order valence-electron chi connectivity index (χ0n) is 11.3. The SMILES string of the molecule is CC(C)n1ccc(COC(=O)c2ccc(Cl)c(N)c2)n1. The second-order valence-electron chi connectivity index (χ2n) is 4.69. The van der Waals surface area contributed by atoms with E-state index in [0.717, 1.165) is 0 Å². The van der Waals surface area contributed by atoms with E-state index in [9.17, 15) is 4.79 Å². The van der Waals surface area contributed by atoms with E-state index in [4.69, 9.17) is 22.1 Å². The minimum atomic E-state index is -0.451. The number of carbonyl (C=O) groups is 1. The monoisotopic (exact) mass is 293 g/mol. The van der Waals surface area contributed by atoms with Gasteiger partial charge in [0.2, 0.25) is 0 Å². The molecule has 0 atom stereocenters. The van der Waals surface area contributed by atoms with Gasteiger partial charge < -0.3 is 10.5 Å². The fraction of sp³-hybridized carbons (Fsp3) is 0.286. The maximum atomic E-state index is 11.9. The number of nitrogens with zero attached hydrogens (tertiary/aromatic N) is 2. The number of hydrogen-bond acceptors (Lipinski definition) is 4. The van der Waals surface area contributed by atoms with E-state index in [0.29, 0.717) is 22.0 Å². The van der Waals surface area contributed by atoms with Crippen molar-refractivity contribution in [1.29, 1.82) is 0 Å². The number of nitrogen functional groups attached to an aromatic ring is 1. The second kappa shape index (κ2) is 5.96. The van der Waals surface area contributed by atoms with Crippen LogP contribution in [0, 0.1) is 0 Å². The van der Waals surface area contributed by atoms with Crippen molar-refractivity contribution >= 4 is 23.3 Å². The molecule has 2 rings (SSSR count). The maximum absolute atomic E-state index is 11.9. The highest BCUT2D eigenvalue weighted by molar-refractivity contribution is 6.33. The molecule has 0 unspecified atom stereocenters. The Morgan fingerprint density at radius 1 is 1.45 bits per heavy atom. The van der Waals surface area contributed by atoms with Gasteiger partial charge in [-0.25, -0.2) is 4.79 Å². The summed E-state index contributed by atoms with van der Waals surface area (Å²) in [4.78, 5) is 11.9. The zero-order chi connectivity index (χ0) is 14.7. The Labute approximate surface area is 122 Å². The molecule has 2 aromatic rings. The Bertz CT molecular complexity index is 623. The van der Waals surface area contributed by atoms with Crippen LogP contribution in [0.1, 0.15) is 35.9 Å². The highest BCUT2D eigenvalue weighted by Gasteiger charge is 2.10. The van der Waals surface area contributed by atoms with Crippen molar-refractivity contribution < 1.29 is 9.53 Å². The molecule has 0 radical (unpaired) electrons. The minimum absolute atomic E-state index is 0.126. The van der Waals surface area contributed by atoms with E-state index in [1.54, 1.807) is 12.1 Å². The molecule has 2 N–H and O–H groups in total. The van der Waals surface area contributed by atoms with Gasteiger partial charge in [-0.1, -0.05) is 11.6 Å². The Morgan fingerprint density at radius 2 is 2.20 bits per heavy atom. The highest BCUT2D eigenvalue weighted by atomic mass is 35.5. The summed E-state index contributed by atoms with van der Waals surface area (Å²) in [6.45, 7) is 4.18. The molecule has 0 spiro atoms. The zero-order valence-corrected chi connectivity index (χ0v) is 12.1. The molecule has 0 aliphatic rings. The molecular formula is C14H16ClN3O2. The molecule has 1 heterocycles.